The average Bonchev–Trinajstić information content (AvgIpc) is 2.73. The van der Waals surface area contributed by atoms with E-state index < -0.39 is 5.97 Å². The minimum Gasteiger partial charge on any atom is -0.480 e. The van der Waals surface area contributed by atoms with E-state index in [-0.39, 0.29) is 12.2 Å². The standard InChI is InChI=1S/C11H17N3O3/c1-11(17-6-10(15)16)7-14(8-11)5-4-13-3-2-12-9-13/h2-3,9H,4-8H2,1H3,(H,15,16). The fourth-order valence-corrected chi connectivity index (χ4v) is 2.06. The number of likely N-dealkylation sites (tertiary alicyclic amines) is 1. The van der Waals surface area contributed by atoms with Crippen LogP contribution in [0.25, 0.3) is 0 Å². The molecular weight excluding hydrogens is 222 g/mol. The Morgan fingerprint density at radius 1 is 1.53 bits per heavy atom. The van der Waals surface area contributed by atoms with E-state index in [2.05, 4.69) is 9.88 Å². The van der Waals surface area contributed by atoms with Gasteiger partial charge in [0.25, 0.3) is 0 Å². The van der Waals surface area contributed by atoms with Crippen molar-refractivity contribution in [3.8, 4) is 0 Å². The predicted octanol–water partition coefficient (Wildman–Crippen LogP) is 0.0586. The van der Waals surface area contributed by atoms with Gasteiger partial charge in [0.1, 0.15) is 6.61 Å². The number of hydrogen-bond acceptors (Lipinski definition) is 4. The van der Waals surface area contributed by atoms with Crippen LogP contribution < -0.4 is 0 Å². The highest BCUT2D eigenvalue weighted by molar-refractivity contribution is 5.68. The van der Waals surface area contributed by atoms with Gasteiger partial charge < -0.3 is 14.4 Å². The fraction of sp³-hybridized carbons (Fsp3) is 0.636. The normalized spacial score (nSPS) is 18.9. The van der Waals surface area contributed by atoms with Crippen molar-refractivity contribution in [3.05, 3.63) is 18.7 Å². The molecule has 6 heteroatoms. The molecule has 1 N–H and O–H groups in total. The van der Waals surface area contributed by atoms with Crippen molar-refractivity contribution in [2.75, 3.05) is 26.2 Å². The van der Waals surface area contributed by atoms with Crippen molar-refractivity contribution in [1.82, 2.24) is 14.5 Å². The maximum Gasteiger partial charge on any atom is 0.329 e. The highest BCUT2D eigenvalue weighted by Crippen LogP contribution is 2.24. The molecule has 6 nitrogen and oxygen atoms in total. The monoisotopic (exact) mass is 239 g/mol. The molecule has 0 saturated carbocycles. The summed E-state index contributed by atoms with van der Waals surface area (Å²) in [6.45, 7) is 5.14. The number of hydrogen-bond donors (Lipinski definition) is 1. The summed E-state index contributed by atoms with van der Waals surface area (Å²) in [6, 6.07) is 0. The Labute approximate surface area is 99.8 Å². The summed E-state index contributed by atoms with van der Waals surface area (Å²) in [7, 11) is 0. The van der Waals surface area contributed by atoms with Gasteiger partial charge in [-0.15, -0.1) is 0 Å². The van der Waals surface area contributed by atoms with Crippen molar-refractivity contribution in [3.63, 3.8) is 0 Å². The van der Waals surface area contributed by atoms with Gasteiger partial charge in [-0.05, 0) is 6.92 Å². The lowest BCUT2D eigenvalue weighted by atomic mass is 9.96. The molecule has 0 atom stereocenters. The summed E-state index contributed by atoms with van der Waals surface area (Å²) in [5.74, 6) is -0.914. The highest BCUT2D eigenvalue weighted by atomic mass is 16.5. The lowest BCUT2D eigenvalue weighted by molar-refractivity contribution is -0.164. The quantitative estimate of drug-likeness (QED) is 0.760. The minimum atomic E-state index is -0.914. The number of carboxylic acids is 1. The zero-order chi connectivity index (χ0) is 12.3. The van der Waals surface area contributed by atoms with Gasteiger partial charge in [-0.3, -0.25) is 4.90 Å². The number of ether oxygens (including phenoxy) is 1. The Balaban J connectivity index is 1.66. The van der Waals surface area contributed by atoms with Crippen molar-refractivity contribution in [1.29, 1.82) is 0 Å². The van der Waals surface area contributed by atoms with E-state index in [1.807, 2.05) is 17.7 Å². The van der Waals surface area contributed by atoms with Crippen LogP contribution >= 0.6 is 0 Å². The molecule has 0 bridgehead atoms. The summed E-state index contributed by atoms with van der Waals surface area (Å²) in [4.78, 5) is 16.6. The topological polar surface area (TPSA) is 67.6 Å². The summed E-state index contributed by atoms with van der Waals surface area (Å²) >= 11 is 0. The van der Waals surface area contributed by atoms with E-state index in [1.54, 1.807) is 12.5 Å². The summed E-state index contributed by atoms with van der Waals surface area (Å²) < 4.78 is 7.36. The van der Waals surface area contributed by atoms with Gasteiger partial charge in [-0.1, -0.05) is 0 Å². The first-order valence-electron chi connectivity index (χ1n) is 5.61. The first-order valence-corrected chi connectivity index (χ1v) is 5.61. The number of carbonyl (C=O) groups is 1. The molecule has 1 saturated heterocycles. The zero-order valence-corrected chi connectivity index (χ0v) is 9.87. The summed E-state index contributed by atoms with van der Waals surface area (Å²) in [5, 5.41) is 8.54. The third-order valence-electron chi connectivity index (χ3n) is 2.89. The fourth-order valence-electron chi connectivity index (χ4n) is 2.06. The SMILES string of the molecule is CC1(OCC(=O)O)CN(CCn2ccnc2)C1. The number of rotatable bonds is 6. The first kappa shape index (κ1) is 12.1. The molecule has 1 aliphatic rings. The van der Waals surface area contributed by atoms with Crippen LogP contribution in [0.4, 0.5) is 0 Å². The second kappa shape index (κ2) is 4.85. The van der Waals surface area contributed by atoms with E-state index in [0.717, 1.165) is 26.2 Å². The van der Waals surface area contributed by atoms with E-state index in [4.69, 9.17) is 9.84 Å². The van der Waals surface area contributed by atoms with Crippen LogP contribution in [0, 0.1) is 0 Å². The summed E-state index contributed by atoms with van der Waals surface area (Å²) in [6.07, 6.45) is 5.48. The molecule has 0 spiro atoms. The van der Waals surface area contributed by atoms with E-state index >= 15 is 0 Å². The van der Waals surface area contributed by atoms with Gasteiger partial charge in [0.05, 0.1) is 11.9 Å². The van der Waals surface area contributed by atoms with E-state index in [0.29, 0.717) is 0 Å². The predicted molar refractivity (Wildman–Crippen MR) is 60.7 cm³/mol. The Morgan fingerprint density at radius 3 is 2.88 bits per heavy atom. The highest BCUT2D eigenvalue weighted by Gasteiger charge is 2.39. The number of aromatic nitrogens is 2. The van der Waals surface area contributed by atoms with Gasteiger partial charge in [-0.25, -0.2) is 9.78 Å². The molecule has 94 valence electrons. The van der Waals surface area contributed by atoms with Crippen molar-refractivity contribution < 1.29 is 14.6 Å². The molecule has 1 aliphatic heterocycles. The molecule has 2 rings (SSSR count). The van der Waals surface area contributed by atoms with Crippen LogP contribution in [-0.2, 0) is 16.1 Å². The van der Waals surface area contributed by atoms with E-state index in [1.165, 1.54) is 0 Å². The van der Waals surface area contributed by atoms with E-state index in [9.17, 15) is 4.79 Å². The number of aliphatic carboxylic acids is 1. The third kappa shape index (κ3) is 3.28. The van der Waals surface area contributed by atoms with Gasteiger partial charge in [0, 0.05) is 38.6 Å². The van der Waals surface area contributed by atoms with Crippen molar-refractivity contribution in [2.45, 2.75) is 19.1 Å². The van der Waals surface area contributed by atoms with Crippen LogP contribution in [-0.4, -0.2) is 57.4 Å². The van der Waals surface area contributed by atoms with Gasteiger partial charge in [0.15, 0.2) is 0 Å². The molecule has 0 aromatic carbocycles. The van der Waals surface area contributed by atoms with Crippen molar-refractivity contribution in [2.24, 2.45) is 0 Å². The molecule has 1 aromatic rings. The van der Waals surface area contributed by atoms with Crippen molar-refractivity contribution >= 4 is 5.97 Å². The van der Waals surface area contributed by atoms with Gasteiger partial charge >= 0.3 is 5.97 Å². The maximum absolute atomic E-state index is 10.4. The Hall–Kier alpha value is -1.40. The molecule has 2 heterocycles. The molecular formula is C11H17N3O3. The van der Waals surface area contributed by atoms with Crippen LogP contribution in [0.1, 0.15) is 6.92 Å². The lowest BCUT2D eigenvalue weighted by Gasteiger charge is -2.47. The van der Waals surface area contributed by atoms with Crippen LogP contribution in [0.15, 0.2) is 18.7 Å². The smallest absolute Gasteiger partial charge is 0.329 e. The number of carboxylic acid groups (broad SMARTS) is 1. The van der Waals surface area contributed by atoms with Gasteiger partial charge in [-0.2, -0.15) is 0 Å². The molecule has 1 aromatic heterocycles. The molecule has 0 aliphatic carbocycles. The average molecular weight is 239 g/mol. The molecule has 1 fully saturated rings. The van der Waals surface area contributed by atoms with Crippen LogP contribution in [0.2, 0.25) is 0 Å². The Morgan fingerprint density at radius 2 is 2.29 bits per heavy atom. The lowest BCUT2D eigenvalue weighted by Crippen LogP contribution is -2.62. The second-order valence-corrected chi connectivity index (χ2v) is 4.64. The molecule has 0 radical (unpaired) electrons. The maximum atomic E-state index is 10.4. The number of imidazole rings is 1. The number of nitrogens with zero attached hydrogens (tertiary/aromatic N) is 3. The summed E-state index contributed by atoms with van der Waals surface area (Å²) in [5.41, 5.74) is -0.298. The minimum absolute atomic E-state index is 0.216. The van der Waals surface area contributed by atoms with Gasteiger partial charge in [0.2, 0.25) is 0 Å². The molecule has 0 amide bonds. The molecule has 17 heavy (non-hydrogen) atoms. The third-order valence-corrected chi connectivity index (χ3v) is 2.89. The largest absolute Gasteiger partial charge is 0.480 e. The Kier molecular flexibility index (Phi) is 3.44. The van der Waals surface area contributed by atoms with Crippen LogP contribution in [0.5, 0.6) is 0 Å². The second-order valence-electron chi connectivity index (χ2n) is 4.64. The molecule has 0 unspecified atom stereocenters. The first-order chi connectivity index (χ1) is 8.07. The zero-order valence-electron chi connectivity index (χ0n) is 9.87. The Bertz CT molecular complexity index is 371. The van der Waals surface area contributed by atoms with Crippen LogP contribution in [0.3, 0.4) is 0 Å².